The van der Waals surface area contributed by atoms with Crippen LogP contribution < -0.4 is 10.0 Å². The van der Waals surface area contributed by atoms with Crippen molar-refractivity contribution < 1.29 is 17.9 Å². The van der Waals surface area contributed by atoms with Gasteiger partial charge < -0.3 is 10.1 Å². The van der Waals surface area contributed by atoms with Crippen LogP contribution >= 0.6 is 0 Å². The van der Waals surface area contributed by atoms with E-state index >= 15 is 0 Å². The van der Waals surface area contributed by atoms with Crippen molar-refractivity contribution >= 4 is 21.8 Å². The number of benzene rings is 1. The predicted molar refractivity (Wildman–Crippen MR) is 109 cm³/mol. The third-order valence-electron chi connectivity index (χ3n) is 6.12. The number of sulfonamides is 1. The molecule has 4 rings (SSSR count). The maximum Gasteiger partial charge on any atom is 0.263 e. The van der Waals surface area contributed by atoms with Crippen molar-refractivity contribution in [2.45, 2.75) is 42.5 Å². The molecule has 158 valence electrons. The van der Waals surface area contributed by atoms with E-state index in [0.29, 0.717) is 12.1 Å². The molecule has 2 N–H and O–H groups in total. The van der Waals surface area contributed by atoms with Crippen molar-refractivity contribution in [3.8, 4) is 0 Å². The lowest BCUT2D eigenvalue weighted by Gasteiger charge is -2.48. The SMILES string of the molecule is O=C(CN=C1NS(=O)(=O)c2ccccc21)NCC1(N2CCOCC2)CCCCC1. The summed E-state index contributed by atoms with van der Waals surface area (Å²) in [6, 6.07) is 6.66. The van der Waals surface area contributed by atoms with Crippen LogP contribution in [0.2, 0.25) is 0 Å². The van der Waals surface area contributed by atoms with E-state index in [0.717, 1.165) is 39.1 Å². The highest BCUT2D eigenvalue weighted by Crippen LogP contribution is 2.33. The first kappa shape index (κ1) is 20.3. The van der Waals surface area contributed by atoms with Crippen molar-refractivity contribution in [1.29, 1.82) is 0 Å². The van der Waals surface area contributed by atoms with Crippen LogP contribution in [0.1, 0.15) is 37.7 Å². The second-order valence-electron chi connectivity index (χ2n) is 7.93. The summed E-state index contributed by atoms with van der Waals surface area (Å²) in [6.45, 7) is 3.77. The topological polar surface area (TPSA) is 100 Å². The van der Waals surface area contributed by atoms with Crippen molar-refractivity contribution in [3.05, 3.63) is 29.8 Å². The van der Waals surface area contributed by atoms with Crippen LogP contribution in [-0.2, 0) is 19.6 Å². The predicted octanol–water partition coefficient (Wildman–Crippen LogP) is 0.876. The van der Waals surface area contributed by atoms with Crippen LogP contribution in [0.5, 0.6) is 0 Å². The lowest BCUT2D eigenvalue weighted by Crippen LogP contribution is -2.59. The number of amides is 1. The van der Waals surface area contributed by atoms with Crippen LogP contribution in [0.4, 0.5) is 0 Å². The normalized spacial score (nSPS) is 24.6. The van der Waals surface area contributed by atoms with E-state index in [1.165, 1.54) is 25.3 Å². The zero-order valence-corrected chi connectivity index (χ0v) is 17.3. The number of hydrogen-bond acceptors (Lipinski definition) is 6. The lowest BCUT2D eigenvalue weighted by atomic mass is 9.79. The number of fused-ring (bicyclic) bond motifs is 1. The molecule has 0 spiro atoms. The number of nitrogens with zero attached hydrogens (tertiary/aromatic N) is 2. The lowest BCUT2D eigenvalue weighted by molar-refractivity contribution is -0.121. The molecule has 0 radical (unpaired) electrons. The highest BCUT2D eigenvalue weighted by molar-refractivity contribution is 7.90. The minimum Gasteiger partial charge on any atom is -0.379 e. The Morgan fingerprint density at radius 3 is 2.66 bits per heavy atom. The maximum absolute atomic E-state index is 12.5. The number of morpholine rings is 1. The average Bonchev–Trinajstić information content (AvgIpc) is 3.02. The van der Waals surface area contributed by atoms with E-state index in [9.17, 15) is 13.2 Å². The molecule has 9 heteroatoms. The summed E-state index contributed by atoms with van der Waals surface area (Å²) in [7, 11) is -3.59. The van der Waals surface area contributed by atoms with Crippen molar-refractivity contribution in [3.63, 3.8) is 0 Å². The van der Waals surface area contributed by atoms with Crippen LogP contribution in [0.3, 0.4) is 0 Å². The van der Waals surface area contributed by atoms with Crippen molar-refractivity contribution in [2.75, 3.05) is 39.4 Å². The standard InChI is InChI=1S/C20H28N4O4S/c25-18(14-21-19-16-6-2-3-7-17(16)29(26,27)23-19)22-15-20(8-4-1-5-9-20)24-10-12-28-13-11-24/h2-3,6-7H,1,4-5,8-15H2,(H,21,23)(H,22,25). The van der Waals surface area contributed by atoms with E-state index in [2.05, 4.69) is 19.9 Å². The summed E-state index contributed by atoms with van der Waals surface area (Å²) in [4.78, 5) is 19.4. The molecule has 2 heterocycles. The highest BCUT2D eigenvalue weighted by atomic mass is 32.2. The van der Waals surface area contributed by atoms with Crippen LogP contribution in [0.15, 0.2) is 34.2 Å². The fourth-order valence-electron chi connectivity index (χ4n) is 4.57. The van der Waals surface area contributed by atoms with Gasteiger partial charge in [-0.25, -0.2) is 8.42 Å². The Balaban J connectivity index is 1.40. The first-order chi connectivity index (χ1) is 14.0. The molecular formula is C20H28N4O4S. The molecule has 0 aromatic heterocycles. The summed E-state index contributed by atoms with van der Waals surface area (Å²) in [5.74, 6) is 0.0376. The number of nitrogens with one attached hydrogen (secondary N) is 2. The Morgan fingerprint density at radius 1 is 1.17 bits per heavy atom. The van der Waals surface area contributed by atoms with Gasteiger partial charge in [0.2, 0.25) is 5.91 Å². The van der Waals surface area contributed by atoms with Crippen LogP contribution in [0.25, 0.3) is 0 Å². The summed E-state index contributed by atoms with van der Waals surface area (Å²) in [6.07, 6.45) is 5.75. The van der Waals surface area contributed by atoms with Gasteiger partial charge >= 0.3 is 0 Å². The Labute approximate surface area is 171 Å². The Bertz CT molecular complexity index is 887. The second kappa shape index (κ2) is 8.41. The van der Waals surface area contributed by atoms with Crippen molar-refractivity contribution in [1.82, 2.24) is 14.9 Å². The third-order valence-corrected chi connectivity index (χ3v) is 7.52. The summed E-state index contributed by atoms with van der Waals surface area (Å²) >= 11 is 0. The van der Waals surface area contributed by atoms with Crippen LogP contribution in [-0.4, -0.2) is 70.0 Å². The van der Waals surface area contributed by atoms with Gasteiger partial charge in [0.25, 0.3) is 10.0 Å². The van der Waals surface area contributed by atoms with E-state index in [-0.39, 0.29) is 28.7 Å². The number of amidine groups is 1. The number of aliphatic imine (C=N–C) groups is 1. The Hall–Kier alpha value is -1.97. The zero-order chi connectivity index (χ0) is 20.3. The Kier molecular flexibility index (Phi) is 5.89. The summed E-state index contributed by atoms with van der Waals surface area (Å²) in [5.41, 5.74) is 0.504. The first-order valence-corrected chi connectivity index (χ1v) is 11.7. The average molecular weight is 421 g/mol. The summed E-state index contributed by atoms with van der Waals surface area (Å²) < 4.78 is 32.2. The van der Waals surface area contributed by atoms with E-state index in [4.69, 9.17) is 4.74 Å². The minimum absolute atomic E-state index is 0.00756. The maximum atomic E-state index is 12.5. The van der Waals surface area contributed by atoms with Gasteiger partial charge in [0.1, 0.15) is 12.4 Å². The number of carbonyl (C=O) groups is 1. The number of ether oxygens (including phenoxy) is 1. The van der Waals surface area contributed by atoms with E-state index in [1.54, 1.807) is 18.2 Å². The van der Waals surface area contributed by atoms with Gasteiger partial charge in [-0.3, -0.25) is 19.4 Å². The van der Waals surface area contributed by atoms with Gasteiger partial charge in [-0.1, -0.05) is 31.4 Å². The molecule has 0 atom stereocenters. The first-order valence-electron chi connectivity index (χ1n) is 10.3. The molecule has 1 aromatic carbocycles. The molecule has 0 unspecified atom stereocenters. The molecule has 2 fully saturated rings. The molecule has 1 aliphatic carbocycles. The number of carbonyl (C=O) groups excluding carboxylic acids is 1. The molecule has 1 amide bonds. The van der Waals surface area contributed by atoms with Gasteiger partial charge in [-0.2, -0.15) is 0 Å². The number of hydrogen-bond donors (Lipinski definition) is 2. The second-order valence-corrected chi connectivity index (χ2v) is 9.58. The third kappa shape index (κ3) is 4.31. The van der Waals surface area contributed by atoms with Gasteiger partial charge in [-0.05, 0) is 25.0 Å². The quantitative estimate of drug-likeness (QED) is 0.737. The number of rotatable bonds is 5. The van der Waals surface area contributed by atoms with Gasteiger partial charge in [0, 0.05) is 30.7 Å². The van der Waals surface area contributed by atoms with Crippen LogP contribution in [0, 0.1) is 0 Å². The molecule has 1 saturated carbocycles. The monoisotopic (exact) mass is 420 g/mol. The minimum atomic E-state index is -3.59. The summed E-state index contributed by atoms with van der Waals surface area (Å²) in [5, 5.41) is 3.05. The highest BCUT2D eigenvalue weighted by Gasteiger charge is 2.38. The molecule has 1 saturated heterocycles. The fraction of sp³-hybridized carbons (Fsp3) is 0.600. The van der Waals surface area contributed by atoms with E-state index < -0.39 is 10.0 Å². The van der Waals surface area contributed by atoms with Gasteiger partial charge in [0.15, 0.2) is 0 Å². The van der Waals surface area contributed by atoms with Crippen molar-refractivity contribution in [2.24, 2.45) is 4.99 Å². The molecule has 8 nitrogen and oxygen atoms in total. The largest absolute Gasteiger partial charge is 0.379 e. The molecule has 2 aliphatic heterocycles. The van der Waals surface area contributed by atoms with Gasteiger partial charge in [-0.15, -0.1) is 0 Å². The smallest absolute Gasteiger partial charge is 0.263 e. The molecular weight excluding hydrogens is 392 g/mol. The molecule has 29 heavy (non-hydrogen) atoms. The van der Waals surface area contributed by atoms with Gasteiger partial charge in [0.05, 0.1) is 18.1 Å². The molecule has 1 aromatic rings. The van der Waals surface area contributed by atoms with E-state index in [1.807, 2.05) is 0 Å². The fourth-order valence-corrected chi connectivity index (χ4v) is 5.82. The molecule has 0 bridgehead atoms. The zero-order valence-electron chi connectivity index (χ0n) is 16.5. The molecule has 3 aliphatic rings. The Morgan fingerprint density at radius 2 is 1.90 bits per heavy atom.